The van der Waals surface area contributed by atoms with Gasteiger partial charge in [0.1, 0.15) is 4.21 Å². The number of hydrogen-bond acceptors (Lipinski definition) is 5. The highest BCUT2D eigenvalue weighted by molar-refractivity contribution is 7.94. The van der Waals surface area contributed by atoms with Crippen LogP contribution in [-0.2, 0) is 21.2 Å². The van der Waals surface area contributed by atoms with Gasteiger partial charge in [0.15, 0.2) is 0 Å². The summed E-state index contributed by atoms with van der Waals surface area (Å²) in [4.78, 5) is 3.31. The Hall–Kier alpha value is -1.57. The lowest BCUT2D eigenvalue weighted by molar-refractivity contribution is 0.122. The predicted molar refractivity (Wildman–Crippen MR) is 96.8 cm³/mol. The molecule has 2 aliphatic heterocycles. The number of nitrogens with zero attached hydrogens (tertiary/aromatic N) is 2. The first kappa shape index (κ1) is 15.9. The van der Waals surface area contributed by atoms with E-state index in [-0.39, 0.29) is 0 Å². The summed E-state index contributed by atoms with van der Waals surface area (Å²) in [7, 11) is -3.45. The zero-order valence-electron chi connectivity index (χ0n) is 13.6. The molecule has 1 aromatic heterocycles. The number of rotatable bonds is 3. The van der Waals surface area contributed by atoms with Gasteiger partial charge in [-0.05, 0) is 49.2 Å². The third-order valence-electron chi connectivity index (χ3n) is 4.55. The van der Waals surface area contributed by atoms with Gasteiger partial charge in [-0.1, -0.05) is 0 Å². The fraction of sp³-hybridized carbons (Fsp3) is 0.412. The predicted octanol–water partition coefficient (Wildman–Crippen LogP) is 2.64. The van der Waals surface area contributed by atoms with Crippen LogP contribution in [0.3, 0.4) is 0 Å². The summed E-state index contributed by atoms with van der Waals surface area (Å²) < 4.78 is 33.2. The largest absolute Gasteiger partial charge is 0.378 e. The molecule has 0 aliphatic carbocycles. The van der Waals surface area contributed by atoms with Crippen molar-refractivity contribution in [2.45, 2.75) is 17.6 Å². The second-order valence-corrected chi connectivity index (χ2v) is 9.48. The molecule has 1 fully saturated rings. The summed E-state index contributed by atoms with van der Waals surface area (Å²) in [6, 6.07) is 9.67. The SMILES string of the molecule is Cc1ccc(S(=O)(=O)N2CCc3cc(N4CCOCC4)ccc32)s1. The van der Waals surface area contributed by atoms with Crippen molar-refractivity contribution in [3.63, 3.8) is 0 Å². The Morgan fingerprint density at radius 1 is 1.08 bits per heavy atom. The highest BCUT2D eigenvalue weighted by Crippen LogP contribution is 2.37. The van der Waals surface area contributed by atoms with Crippen LogP contribution in [0.15, 0.2) is 34.5 Å². The first-order chi connectivity index (χ1) is 11.6. The molecule has 2 aliphatic rings. The van der Waals surface area contributed by atoms with Gasteiger partial charge in [-0.15, -0.1) is 11.3 Å². The van der Waals surface area contributed by atoms with E-state index in [1.165, 1.54) is 11.3 Å². The molecule has 0 bridgehead atoms. The van der Waals surface area contributed by atoms with Crippen LogP contribution < -0.4 is 9.21 Å². The van der Waals surface area contributed by atoms with Gasteiger partial charge in [0.2, 0.25) is 0 Å². The Bertz CT molecular complexity index is 854. The van der Waals surface area contributed by atoms with Gasteiger partial charge in [-0.3, -0.25) is 4.31 Å². The van der Waals surface area contributed by atoms with Gasteiger partial charge in [-0.25, -0.2) is 8.42 Å². The normalized spacial score (nSPS) is 18.0. The lowest BCUT2D eigenvalue weighted by Crippen LogP contribution is -2.36. The number of benzene rings is 1. The van der Waals surface area contributed by atoms with Crippen LogP contribution in [0.5, 0.6) is 0 Å². The second-order valence-electron chi connectivity index (χ2n) is 6.10. The fourth-order valence-corrected chi connectivity index (χ4v) is 6.19. The smallest absolute Gasteiger partial charge is 0.273 e. The van der Waals surface area contributed by atoms with Gasteiger partial charge < -0.3 is 9.64 Å². The summed E-state index contributed by atoms with van der Waals surface area (Å²) in [6.45, 7) is 5.70. The Morgan fingerprint density at radius 2 is 1.88 bits per heavy atom. The molecule has 0 radical (unpaired) electrons. The Balaban J connectivity index is 1.65. The lowest BCUT2D eigenvalue weighted by Gasteiger charge is -2.29. The Kier molecular flexibility index (Phi) is 4.02. The minimum atomic E-state index is -3.45. The first-order valence-electron chi connectivity index (χ1n) is 8.10. The maximum atomic E-state index is 12.9. The molecule has 24 heavy (non-hydrogen) atoms. The van der Waals surface area contributed by atoms with E-state index >= 15 is 0 Å². The van der Waals surface area contributed by atoms with Crippen LogP contribution in [-0.4, -0.2) is 41.3 Å². The number of anilines is 2. The van der Waals surface area contributed by atoms with Crippen LogP contribution >= 0.6 is 11.3 Å². The van der Waals surface area contributed by atoms with Crippen molar-refractivity contribution in [3.05, 3.63) is 40.8 Å². The van der Waals surface area contributed by atoms with Gasteiger partial charge >= 0.3 is 0 Å². The number of fused-ring (bicyclic) bond motifs is 1. The van der Waals surface area contributed by atoms with Gasteiger partial charge in [-0.2, -0.15) is 0 Å². The van der Waals surface area contributed by atoms with Gasteiger partial charge in [0.25, 0.3) is 10.0 Å². The van der Waals surface area contributed by atoms with Gasteiger partial charge in [0, 0.05) is 30.2 Å². The minimum absolute atomic E-state index is 0.421. The highest BCUT2D eigenvalue weighted by atomic mass is 32.2. The van der Waals surface area contributed by atoms with Crippen LogP contribution in [0.25, 0.3) is 0 Å². The van der Waals surface area contributed by atoms with Crippen molar-refractivity contribution in [2.24, 2.45) is 0 Å². The van der Waals surface area contributed by atoms with Crippen molar-refractivity contribution in [1.29, 1.82) is 0 Å². The molecule has 128 valence electrons. The van der Waals surface area contributed by atoms with Crippen LogP contribution in [0.4, 0.5) is 11.4 Å². The van der Waals surface area contributed by atoms with E-state index in [2.05, 4.69) is 11.0 Å². The number of sulfonamides is 1. The number of aryl methyl sites for hydroxylation is 1. The first-order valence-corrected chi connectivity index (χ1v) is 10.4. The topological polar surface area (TPSA) is 49.9 Å². The maximum absolute atomic E-state index is 12.9. The summed E-state index contributed by atoms with van der Waals surface area (Å²) in [6.07, 6.45) is 0.761. The van der Waals surface area contributed by atoms with Crippen molar-refractivity contribution >= 4 is 32.7 Å². The molecule has 0 spiro atoms. The van der Waals surface area contributed by atoms with Gasteiger partial charge in [0.05, 0.1) is 18.9 Å². The van der Waals surface area contributed by atoms with Crippen molar-refractivity contribution in [1.82, 2.24) is 0 Å². The zero-order valence-corrected chi connectivity index (χ0v) is 15.2. The summed E-state index contributed by atoms with van der Waals surface area (Å²) >= 11 is 1.33. The lowest BCUT2D eigenvalue weighted by atomic mass is 10.1. The third-order valence-corrected chi connectivity index (χ3v) is 7.83. The number of hydrogen-bond donors (Lipinski definition) is 0. The van der Waals surface area contributed by atoms with E-state index in [9.17, 15) is 8.42 Å². The van der Waals surface area contributed by atoms with E-state index in [0.29, 0.717) is 10.8 Å². The Labute approximate surface area is 146 Å². The second kappa shape index (κ2) is 6.06. The summed E-state index contributed by atoms with van der Waals surface area (Å²) in [5, 5.41) is 0. The summed E-state index contributed by atoms with van der Waals surface area (Å²) in [5.41, 5.74) is 3.08. The highest BCUT2D eigenvalue weighted by Gasteiger charge is 2.32. The molecule has 3 heterocycles. The van der Waals surface area contributed by atoms with Crippen LogP contribution in [0, 0.1) is 6.92 Å². The van der Waals surface area contributed by atoms with Crippen LogP contribution in [0.1, 0.15) is 10.4 Å². The average molecular weight is 364 g/mol. The molecule has 0 saturated carbocycles. The Morgan fingerprint density at radius 3 is 2.58 bits per heavy atom. The molecule has 0 amide bonds. The molecule has 4 rings (SSSR count). The fourth-order valence-electron chi connectivity index (χ4n) is 3.29. The maximum Gasteiger partial charge on any atom is 0.273 e. The molecule has 5 nitrogen and oxygen atoms in total. The minimum Gasteiger partial charge on any atom is -0.378 e. The quantitative estimate of drug-likeness (QED) is 0.840. The van der Waals surface area contributed by atoms with Crippen molar-refractivity contribution in [3.8, 4) is 0 Å². The standard InChI is InChI=1S/C17H20N2O3S2/c1-13-2-5-17(23-13)24(20,21)19-7-6-14-12-15(3-4-16(14)19)18-8-10-22-11-9-18/h2-5,12H,6-11H2,1H3. The molecule has 0 unspecified atom stereocenters. The molecule has 1 aromatic carbocycles. The summed E-state index contributed by atoms with van der Waals surface area (Å²) in [5.74, 6) is 0. The van der Waals surface area contributed by atoms with Crippen molar-refractivity contribution in [2.75, 3.05) is 42.1 Å². The molecule has 2 aromatic rings. The number of ether oxygens (including phenoxy) is 1. The van der Waals surface area contributed by atoms with Crippen molar-refractivity contribution < 1.29 is 13.2 Å². The molecule has 1 saturated heterocycles. The monoisotopic (exact) mass is 364 g/mol. The zero-order chi connectivity index (χ0) is 16.7. The molecule has 7 heteroatoms. The van der Waals surface area contributed by atoms with E-state index in [1.807, 2.05) is 25.1 Å². The molecule has 0 N–H and O–H groups in total. The van der Waals surface area contributed by atoms with Crippen LogP contribution in [0.2, 0.25) is 0 Å². The number of thiophene rings is 1. The number of morpholine rings is 1. The van der Waals surface area contributed by atoms with E-state index in [4.69, 9.17) is 4.74 Å². The molecular formula is C17H20N2O3S2. The molecule has 0 atom stereocenters. The average Bonchev–Trinajstić information content (AvgIpc) is 3.22. The van der Waals surface area contributed by atoms with E-state index in [0.717, 1.165) is 54.5 Å². The van der Waals surface area contributed by atoms with E-state index < -0.39 is 10.0 Å². The van der Waals surface area contributed by atoms with E-state index in [1.54, 1.807) is 10.4 Å². The third kappa shape index (κ3) is 2.70. The molecular weight excluding hydrogens is 344 g/mol.